The summed E-state index contributed by atoms with van der Waals surface area (Å²) in [6, 6.07) is 0. The summed E-state index contributed by atoms with van der Waals surface area (Å²) in [6.07, 6.45) is 0.410. The maximum Gasteiger partial charge on any atom is 0.414 e. The lowest BCUT2D eigenvalue weighted by atomic mass is 10.4. The van der Waals surface area contributed by atoms with Gasteiger partial charge in [0.05, 0.1) is 0 Å². The third-order valence-electron chi connectivity index (χ3n) is 0.988. The quantitative estimate of drug-likeness (QED) is 0.300. The van der Waals surface area contributed by atoms with Gasteiger partial charge in [-0.05, 0) is 0 Å². The highest BCUT2D eigenvalue weighted by molar-refractivity contribution is 7.80. The van der Waals surface area contributed by atoms with Crippen LogP contribution in [0.5, 0.6) is 0 Å². The van der Waals surface area contributed by atoms with Gasteiger partial charge in [0.25, 0.3) is 0 Å². The van der Waals surface area contributed by atoms with Crippen LogP contribution in [0.4, 0.5) is 0 Å². The van der Waals surface area contributed by atoms with Crippen LogP contribution in [-0.4, -0.2) is 46.9 Å². The van der Waals surface area contributed by atoms with Crippen LogP contribution < -0.4 is 11.1 Å². The first kappa shape index (κ1) is 16.2. The monoisotopic (exact) mass is 238 g/mol. The standard InChI is InChI=1S/C5H12N2OS.C2H2O4/c6-2-1-5(8)7-3-4-9;3-1(4)2(5)6/h9H,1-4,6H2,(H,7,8);(H,3,4)(H,5,6). The van der Waals surface area contributed by atoms with Crippen LogP contribution in [0.25, 0.3) is 0 Å². The van der Waals surface area contributed by atoms with Crippen molar-refractivity contribution < 1.29 is 24.6 Å². The molecule has 0 aliphatic rings. The van der Waals surface area contributed by atoms with Crippen molar-refractivity contribution in [2.24, 2.45) is 5.73 Å². The molecule has 0 bridgehead atoms. The van der Waals surface area contributed by atoms with Gasteiger partial charge < -0.3 is 21.3 Å². The smallest absolute Gasteiger partial charge is 0.414 e. The molecule has 0 unspecified atom stereocenters. The Kier molecular flexibility index (Phi) is 11.6. The van der Waals surface area contributed by atoms with E-state index in [1.807, 2.05) is 0 Å². The van der Waals surface area contributed by atoms with E-state index in [2.05, 4.69) is 17.9 Å². The van der Waals surface area contributed by atoms with Crippen LogP contribution in [0.15, 0.2) is 0 Å². The summed E-state index contributed by atoms with van der Waals surface area (Å²) >= 11 is 3.92. The zero-order valence-electron chi connectivity index (χ0n) is 7.97. The minimum Gasteiger partial charge on any atom is -0.473 e. The molecular weight excluding hydrogens is 224 g/mol. The fraction of sp³-hybridized carbons (Fsp3) is 0.571. The number of carbonyl (C=O) groups is 3. The zero-order valence-corrected chi connectivity index (χ0v) is 8.87. The Morgan fingerprint density at radius 2 is 1.67 bits per heavy atom. The number of hydrogen-bond donors (Lipinski definition) is 5. The Balaban J connectivity index is 0. The van der Waals surface area contributed by atoms with Crippen molar-refractivity contribution in [3.63, 3.8) is 0 Å². The molecule has 0 rings (SSSR count). The average Bonchev–Trinajstić information content (AvgIpc) is 2.16. The number of rotatable bonds is 4. The molecule has 0 aliphatic heterocycles. The minimum atomic E-state index is -1.82. The topological polar surface area (TPSA) is 130 Å². The molecule has 0 atom stereocenters. The summed E-state index contributed by atoms with van der Waals surface area (Å²) in [7, 11) is 0. The van der Waals surface area contributed by atoms with E-state index in [1.54, 1.807) is 0 Å². The summed E-state index contributed by atoms with van der Waals surface area (Å²) < 4.78 is 0. The van der Waals surface area contributed by atoms with E-state index in [4.69, 9.17) is 25.5 Å². The van der Waals surface area contributed by atoms with Gasteiger partial charge in [-0.1, -0.05) is 0 Å². The molecule has 0 aromatic heterocycles. The lowest BCUT2D eigenvalue weighted by Crippen LogP contribution is -2.27. The maximum absolute atomic E-state index is 10.6. The van der Waals surface area contributed by atoms with Crippen LogP contribution in [0.3, 0.4) is 0 Å². The molecule has 0 aliphatic carbocycles. The van der Waals surface area contributed by atoms with Gasteiger partial charge in [0.1, 0.15) is 0 Å². The number of carboxylic acids is 2. The Bertz CT molecular complexity index is 209. The summed E-state index contributed by atoms with van der Waals surface area (Å²) in [5.74, 6) is -2.97. The van der Waals surface area contributed by atoms with Gasteiger partial charge in [0.15, 0.2) is 0 Å². The number of aliphatic carboxylic acids is 2. The van der Waals surface area contributed by atoms with Gasteiger partial charge in [-0.25, -0.2) is 9.59 Å². The maximum atomic E-state index is 10.6. The van der Waals surface area contributed by atoms with Gasteiger partial charge in [-0.15, -0.1) is 0 Å². The fourth-order valence-electron chi connectivity index (χ4n) is 0.415. The predicted octanol–water partition coefficient (Wildman–Crippen LogP) is -1.46. The third-order valence-corrected chi connectivity index (χ3v) is 1.21. The molecule has 0 aromatic carbocycles. The largest absolute Gasteiger partial charge is 0.473 e. The lowest BCUT2D eigenvalue weighted by Gasteiger charge is -1.99. The number of nitrogens with one attached hydrogen (secondary N) is 1. The van der Waals surface area contributed by atoms with Gasteiger partial charge in [0.2, 0.25) is 5.91 Å². The Morgan fingerprint density at radius 3 is 1.93 bits per heavy atom. The van der Waals surface area contributed by atoms with Gasteiger partial charge in [-0.2, -0.15) is 12.6 Å². The van der Waals surface area contributed by atoms with E-state index in [0.29, 0.717) is 25.3 Å². The van der Waals surface area contributed by atoms with E-state index in [-0.39, 0.29) is 5.91 Å². The Hall–Kier alpha value is -1.28. The van der Waals surface area contributed by atoms with Crippen LogP contribution in [0.2, 0.25) is 0 Å². The minimum absolute atomic E-state index is 0.00606. The summed E-state index contributed by atoms with van der Waals surface area (Å²) in [5, 5.41) is 17.4. The van der Waals surface area contributed by atoms with Crippen molar-refractivity contribution in [1.82, 2.24) is 5.32 Å². The van der Waals surface area contributed by atoms with E-state index in [9.17, 15) is 4.79 Å². The van der Waals surface area contributed by atoms with Crippen molar-refractivity contribution >= 4 is 30.5 Å². The van der Waals surface area contributed by atoms with E-state index >= 15 is 0 Å². The molecule has 15 heavy (non-hydrogen) atoms. The number of thiol groups is 1. The molecular formula is C7H14N2O5S. The van der Waals surface area contributed by atoms with Gasteiger partial charge in [0, 0.05) is 25.3 Å². The molecule has 0 heterocycles. The predicted molar refractivity (Wildman–Crippen MR) is 55.8 cm³/mol. The van der Waals surface area contributed by atoms with Crippen molar-refractivity contribution in [1.29, 1.82) is 0 Å². The average molecular weight is 238 g/mol. The van der Waals surface area contributed by atoms with E-state index in [1.165, 1.54) is 0 Å². The van der Waals surface area contributed by atoms with Crippen LogP contribution in [0, 0.1) is 0 Å². The van der Waals surface area contributed by atoms with Crippen molar-refractivity contribution in [2.75, 3.05) is 18.8 Å². The number of carbonyl (C=O) groups excluding carboxylic acids is 1. The first-order valence-corrected chi connectivity index (χ1v) is 4.62. The molecule has 0 spiro atoms. The first-order valence-electron chi connectivity index (χ1n) is 3.99. The summed E-state index contributed by atoms with van der Waals surface area (Å²) in [5.41, 5.74) is 5.12. The molecule has 8 heteroatoms. The lowest BCUT2D eigenvalue weighted by molar-refractivity contribution is -0.159. The molecule has 0 radical (unpaired) electrons. The molecule has 5 N–H and O–H groups in total. The summed E-state index contributed by atoms with van der Waals surface area (Å²) in [6.45, 7) is 1.04. The fourth-order valence-corrected chi connectivity index (χ4v) is 0.527. The van der Waals surface area contributed by atoms with Crippen molar-refractivity contribution in [3.8, 4) is 0 Å². The number of amides is 1. The number of hydrogen-bond acceptors (Lipinski definition) is 5. The second-order valence-electron chi connectivity index (χ2n) is 2.22. The van der Waals surface area contributed by atoms with E-state index in [0.717, 1.165) is 0 Å². The normalized spacial score (nSPS) is 8.40. The Morgan fingerprint density at radius 1 is 1.20 bits per heavy atom. The number of nitrogens with two attached hydrogens (primary N) is 1. The molecule has 88 valence electrons. The zero-order chi connectivity index (χ0) is 12.3. The molecule has 1 amide bonds. The second-order valence-corrected chi connectivity index (χ2v) is 2.67. The highest BCUT2D eigenvalue weighted by Gasteiger charge is 2.04. The second kappa shape index (κ2) is 10.8. The molecule has 0 saturated carbocycles. The van der Waals surface area contributed by atoms with E-state index < -0.39 is 11.9 Å². The first-order chi connectivity index (χ1) is 6.95. The van der Waals surface area contributed by atoms with Crippen LogP contribution in [-0.2, 0) is 14.4 Å². The SMILES string of the molecule is NCCC(=O)NCCS.O=C(O)C(=O)O. The van der Waals surface area contributed by atoms with Crippen molar-refractivity contribution in [2.45, 2.75) is 6.42 Å². The highest BCUT2D eigenvalue weighted by Crippen LogP contribution is 1.74. The van der Waals surface area contributed by atoms with Crippen LogP contribution >= 0.6 is 12.6 Å². The molecule has 0 aromatic rings. The molecule has 0 fully saturated rings. The Labute approximate surface area is 92.1 Å². The van der Waals surface area contributed by atoms with Crippen molar-refractivity contribution in [3.05, 3.63) is 0 Å². The molecule has 7 nitrogen and oxygen atoms in total. The third kappa shape index (κ3) is 15.5. The molecule has 0 saturated heterocycles. The van der Waals surface area contributed by atoms with Crippen LogP contribution in [0.1, 0.15) is 6.42 Å². The van der Waals surface area contributed by atoms with Gasteiger partial charge >= 0.3 is 11.9 Å². The van der Waals surface area contributed by atoms with Gasteiger partial charge in [-0.3, -0.25) is 4.79 Å². The number of carboxylic acid groups (broad SMARTS) is 2. The summed E-state index contributed by atoms with van der Waals surface area (Å²) in [4.78, 5) is 28.8. The highest BCUT2D eigenvalue weighted by atomic mass is 32.1.